The van der Waals surface area contributed by atoms with Crippen LogP contribution < -0.4 is 5.46 Å². The second-order valence-electron chi connectivity index (χ2n) is 7.31. The Labute approximate surface area is 191 Å². The Bertz CT molecular complexity index is 1200. The maximum Gasteiger partial charge on any atom is 0.515 e. The van der Waals surface area contributed by atoms with Gasteiger partial charge in [0.2, 0.25) is 5.78 Å². The fraction of sp³-hybridized carbons (Fsp3) is 0.136. The normalized spacial score (nSPS) is 13.0. The summed E-state index contributed by atoms with van der Waals surface area (Å²) in [5, 5.41) is 0. The fourth-order valence-electron chi connectivity index (χ4n) is 2.78. The van der Waals surface area contributed by atoms with Crippen molar-refractivity contribution >= 4 is 28.2 Å². The molecule has 1 atom stereocenters. The van der Waals surface area contributed by atoms with Gasteiger partial charge in [-0.15, -0.1) is 0 Å². The first-order valence-corrected chi connectivity index (χ1v) is 11.6. The van der Waals surface area contributed by atoms with Crippen LogP contribution in [0.1, 0.15) is 15.9 Å². The number of carbonyl (C=O) groups excluding carboxylic acids is 1. The fourth-order valence-corrected chi connectivity index (χ4v) is 4.32. The lowest BCUT2D eigenvalue weighted by atomic mass is 9.79. The Balaban J connectivity index is 0.000000248. The van der Waals surface area contributed by atoms with Gasteiger partial charge in [0.15, 0.2) is 28.1 Å². The van der Waals surface area contributed by atoms with Gasteiger partial charge in [-0.25, -0.2) is 22.0 Å². The lowest BCUT2D eigenvalue weighted by Crippen LogP contribution is -2.41. The van der Waals surface area contributed by atoms with Crippen molar-refractivity contribution in [1.29, 1.82) is 0 Å². The van der Waals surface area contributed by atoms with E-state index in [-0.39, 0.29) is 11.5 Å². The third-order valence-corrected chi connectivity index (χ3v) is 6.68. The third-order valence-electron chi connectivity index (χ3n) is 4.59. The van der Waals surface area contributed by atoms with Crippen molar-refractivity contribution in [1.82, 2.24) is 0 Å². The summed E-state index contributed by atoms with van der Waals surface area (Å²) in [5.74, 6) is -13.6. The summed E-state index contributed by atoms with van der Waals surface area (Å²) in [4.78, 5) is 12.9. The van der Waals surface area contributed by atoms with E-state index in [1.54, 1.807) is 18.4 Å². The zero-order valence-corrected chi connectivity index (χ0v) is 18.5. The number of carbonyl (C=O) groups is 1. The number of halogens is 8. The van der Waals surface area contributed by atoms with Gasteiger partial charge in [-0.05, 0) is 24.5 Å². The van der Waals surface area contributed by atoms with Gasteiger partial charge >= 0.3 is 6.98 Å². The Morgan fingerprint density at radius 2 is 1.21 bits per heavy atom. The third kappa shape index (κ3) is 6.31. The van der Waals surface area contributed by atoms with Crippen LogP contribution in [0.5, 0.6) is 0 Å². The van der Waals surface area contributed by atoms with Gasteiger partial charge in [0.1, 0.15) is 27.8 Å². The molecule has 12 heteroatoms. The molecule has 0 saturated carbocycles. The molecule has 182 valence electrons. The molecule has 0 N–H and O–H groups in total. The van der Waals surface area contributed by atoms with Gasteiger partial charge in [-0.1, -0.05) is 52.2 Å². The van der Waals surface area contributed by atoms with E-state index in [1.165, 1.54) is 0 Å². The number of ketones is 1. The highest BCUT2D eigenvalue weighted by Gasteiger charge is 2.38. The largest absolute Gasteiger partial charge is 0.515 e. The van der Waals surface area contributed by atoms with E-state index in [1.807, 2.05) is 49.4 Å². The molecule has 0 aliphatic rings. The Kier molecular flexibility index (Phi) is 8.41. The highest BCUT2D eigenvalue weighted by Crippen LogP contribution is 2.22. The maximum absolute atomic E-state index is 12.7. The van der Waals surface area contributed by atoms with Crippen LogP contribution in [-0.2, 0) is 14.1 Å². The first-order chi connectivity index (χ1) is 15.7. The number of aryl methyl sites for hydroxylation is 1. The summed E-state index contributed by atoms with van der Waals surface area (Å²) >= 11 is 0. The molecule has 0 fully saturated rings. The molecule has 3 rings (SSSR count). The molecule has 0 bridgehead atoms. The van der Waals surface area contributed by atoms with Crippen molar-refractivity contribution in [3.63, 3.8) is 0 Å². The van der Waals surface area contributed by atoms with Crippen molar-refractivity contribution in [3.8, 4) is 0 Å². The molecule has 3 aromatic carbocycles. The number of benzene rings is 3. The first kappa shape index (κ1) is 27.2. The molecular weight excluding hydrogens is 491 g/mol. The van der Waals surface area contributed by atoms with Gasteiger partial charge in [0, 0.05) is 5.56 Å². The standard InChI is InChI=1S/C16H17O2S.C6BF8/c1-13-8-10-15(11-9-13)19(2,18)12-16(17)14-6-4-3-5-7-14;8-2-1(7(13,14)15)3(9)5(11)6(12)4(2)10/h3-11H,12H2,1-2H3;/q+1;-1. The predicted octanol–water partition coefficient (Wildman–Crippen LogP) is 5.80. The summed E-state index contributed by atoms with van der Waals surface area (Å²) in [6.07, 6.45) is 1.65. The van der Waals surface area contributed by atoms with Crippen LogP contribution in [0.2, 0.25) is 0 Å². The monoisotopic (exact) mass is 508 g/mol. The van der Waals surface area contributed by atoms with E-state index in [2.05, 4.69) is 0 Å². The molecule has 1 unspecified atom stereocenters. The van der Waals surface area contributed by atoms with E-state index in [0.717, 1.165) is 10.5 Å². The van der Waals surface area contributed by atoms with E-state index < -0.39 is 51.5 Å². The van der Waals surface area contributed by atoms with Gasteiger partial charge in [-0.3, -0.25) is 4.79 Å². The summed E-state index contributed by atoms with van der Waals surface area (Å²) in [5.41, 5.74) is -0.996. The van der Waals surface area contributed by atoms with E-state index in [4.69, 9.17) is 0 Å². The lowest BCUT2D eigenvalue weighted by Gasteiger charge is -2.17. The summed E-state index contributed by atoms with van der Waals surface area (Å²) < 4.78 is 110. The van der Waals surface area contributed by atoms with Crippen LogP contribution >= 0.6 is 0 Å². The zero-order valence-electron chi connectivity index (χ0n) is 17.7. The number of Topliss-reactive ketones (excluding diaryl/α,β-unsaturated/α-hetero) is 1. The first-order valence-electron chi connectivity index (χ1n) is 9.50. The highest BCUT2D eigenvalue weighted by atomic mass is 32.2. The van der Waals surface area contributed by atoms with Gasteiger partial charge in [-0.2, -0.15) is 0 Å². The minimum absolute atomic E-state index is 0.0556. The van der Waals surface area contributed by atoms with Crippen molar-refractivity contribution in [2.75, 3.05) is 12.0 Å². The molecule has 0 radical (unpaired) electrons. The number of hydrogen-bond acceptors (Lipinski definition) is 2. The Morgan fingerprint density at radius 3 is 1.65 bits per heavy atom. The average molecular weight is 508 g/mol. The van der Waals surface area contributed by atoms with Crippen molar-refractivity contribution < 1.29 is 43.9 Å². The van der Waals surface area contributed by atoms with E-state index >= 15 is 0 Å². The van der Waals surface area contributed by atoms with Gasteiger partial charge < -0.3 is 12.9 Å². The topological polar surface area (TPSA) is 34.1 Å². The second kappa shape index (κ2) is 10.5. The molecule has 34 heavy (non-hydrogen) atoms. The van der Waals surface area contributed by atoms with E-state index in [9.17, 15) is 43.9 Å². The zero-order chi connectivity index (χ0) is 25.8. The molecule has 2 nitrogen and oxygen atoms in total. The van der Waals surface area contributed by atoms with Crippen molar-refractivity contribution in [3.05, 3.63) is 94.8 Å². The van der Waals surface area contributed by atoms with Crippen LogP contribution in [0.25, 0.3) is 0 Å². The van der Waals surface area contributed by atoms with Gasteiger partial charge in [0.05, 0.1) is 0 Å². The smallest absolute Gasteiger partial charge is 0.445 e. The van der Waals surface area contributed by atoms with Crippen LogP contribution in [0.4, 0.5) is 34.9 Å². The molecule has 0 aliphatic carbocycles. The summed E-state index contributed by atoms with van der Waals surface area (Å²) in [7, 11) is -2.32. The average Bonchev–Trinajstić information content (AvgIpc) is 2.76. The summed E-state index contributed by atoms with van der Waals surface area (Å²) in [6, 6.07) is 16.5. The lowest BCUT2D eigenvalue weighted by molar-refractivity contribution is 0.102. The minimum Gasteiger partial charge on any atom is -0.445 e. The molecule has 3 aromatic rings. The minimum atomic E-state index is -6.30. The number of rotatable bonds is 5. The Hall–Kier alpha value is -3.02. The molecule has 0 spiro atoms. The molecular formula is C22H17BF8O2S. The molecule has 0 heterocycles. The van der Waals surface area contributed by atoms with Crippen LogP contribution in [0.3, 0.4) is 0 Å². The van der Waals surface area contributed by atoms with E-state index in [0.29, 0.717) is 5.56 Å². The summed E-state index contributed by atoms with van der Waals surface area (Å²) in [6.45, 7) is -4.32. The Morgan fingerprint density at radius 1 is 0.765 bits per heavy atom. The molecule has 0 aliphatic heterocycles. The molecule has 0 aromatic heterocycles. The SMILES string of the molecule is Cc1ccc([S+](C)(=O)CC(=O)c2ccccc2)cc1.Fc1c(F)c(F)c([B-](F)(F)F)c(F)c1F. The van der Waals surface area contributed by atoms with Crippen molar-refractivity contribution in [2.45, 2.75) is 11.8 Å². The second-order valence-corrected chi connectivity index (χ2v) is 10.1. The number of hydrogen-bond donors (Lipinski definition) is 0. The predicted molar refractivity (Wildman–Crippen MR) is 114 cm³/mol. The van der Waals surface area contributed by atoms with Crippen LogP contribution in [0.15, 0.2) is 59.5 Å². The molecule has 0 amide bonds. The van der Waals surface area contributed by atoms with Gasteiger partial charge in [0.25, 0.3) is 0 Å². The van der Waals surface area contributed by atoms with Crippen LogP contribution in [-0.4, -0.2) is 24.8 Å². The molecule has 0 saturated heterocycles. The van der Waals surface area contributed by atoms with Crippen LogP contribution in [0, 0.1) is 36.0 Å². The highest BCUT2D eigenvalue weighted by molar-refractivity contribution is 8.03. The maximum atomic E-state index is 12.7. The quantitative estimate of drug-likeness (QED) is 0.109. The van der Waals surface area contributed by atoms with Crippen molar-refractivity contribution in [2.24, 2.45) is 0 Å².